The number of hydrogen-bond donors (Lipinski definition) is 2. The van der Waals surface area contributed by atoms with Crippen LogP contribution in [0.25, 0.3) is 0 Å². The Morgan fingerprint density at radius 1 is 1.45 bits per heavy atom. The van der Waals surface area contributed by atoms with Crippen molar-refractivity contribution in [3.63, 3.8) is 0 Å². The molecule has 2 atom stereocenters. The van der Waals surface area contributed by atoms with E-state index < -0.39 is 17.4 Å². The number of aryl methyl sites for hydroxylation is 2. The van der Waals surface area contributed by atoms with Gasteiger partial charge in [0, 0.05) is 0 Å². The van der Waals surface area contributed by atoms with E-state index in [1.54, 1.807) is 13.8 Å². The highest BCUT2D eigenvalue weighted by molar-refractivity contribution is 5.99. The molecule has 1 aliphatic carbocycles. The number of amides is 1. The van der Waals surface area contributed by atoms with E-state index in [-0.39, 0.29) is 5.92 Å². The van der Waals surface area contributed by atoms with E-state index in [1.807, 2.05) is 6.92 Å². The molecule has 1 aliphatic rings. The van der Waals surface area contributed by atoms with Crippen molar-refractivity contribution in [2.75, 3.05) is 0 Å². The van der Waals surface area contributed by atoms with Crippen molar-refractivity contribution in [1.29, 1.82) is 0 Å². The van der Waals surface area contributed by atoms with Gasteiger partial charge in [0.1, 0.15) is 16.9 Å². The molecular formula is C14H20N2O4. The quantitative estimate of drug-likeness (QED) is 0.884. The van der Waals surface area contributed by atoms with Gasteiger partial charge in [-0.05, 0) is 32.6 Å². The molecule has 20 heavy (non-hydrogen) atoms. The molecule has 2 N–H and O–H groups in total. The van der Waals surface area contributed by atoms with Gasteiger partial charge in [0.25, 0.3) is 5.91 Å². The zero-order valence-corrected chi connectivity index (χ0v) is 12.0. The van der Waals surface area contributed by atoms with Crippen LogP contribution in [0, 0.1) is 19.8 Å². The summed E-state index contributed by atoms with van der Waals surface area (Å²) in [5.41, 5.74) is -0.363. The number of nitrogens with one attached hydrogen (secondary N) is 1. The van der Waals surface area contributed by atoms with E-state index >= 15 is 0 Å². The normalized spacial score (nSPS) is 26.2. The summed E-state index contributed by atoms with van der Waals surface area (Å²) in [6.07, 6.45) is 2.71. The van der Waals surface area contributed by atoms with E-state index in [2.05, 4.69) is 10.5 Å². The molecule has 1 saturated carbocycles. The fraction of sp³-hybridized carbons (Fsp3) is 0.643. The Bertz CT molecular complexity index is 518. The maximum Gasteiger partial charge on any atom is 0.329 e. The summed E-state index contributed by atoms with van der Waals surface area (Å²) in [7, 11) is 0. The monoisotopic (exact) mass is 280 g/mol. The Hall–Kier alpha value is -1.85. The molecule has 2 rings (SSSR count). The molecule has 1 heterocycles. The van der Waals surface area contributed by atoms with Gasteiger partial charge in [0.2, 0.25) is 0 Å². The molecule has 0 saturated heterocycles. The predicted octanol–water partition coefficient (Wildman–Crippen LogP) is 2.05. The number of rotatable bonds is 3. The zero-order chi connectivity index (χ0) is 14.9. The molecule has 2 unspecified atom stereocenters. The van der Waals surface area contributed by atoms with Crippen molar-refractivity contribution in [2.24, 2.45) is 5.92 Å². The SMILES string of the molecule is Cc1noc(C)c1C(=O)NC1(C(=O)O)CCCC(C)C1. The summed E-state index contributed by atoms with van der Waals surface area (Å²) in [5, 5.41) is 16.0. The number of aliphatic carboxylic acids is 1. The van der Waals surface area contributed by atoms with E-state index in [9.17, 15) is 14.7 Å². The van der Waals surface area contributed by atoms with Crippen molar-refractivity contribution in [3.05, 3.63) is 17.0 Å². The molecule has 0 radical (unpaired) electrons. The Morgan fingerprint density at radius 3 is 2.65 bits per heavy atom. The largest absolute Gasteiger partial charge is 0.480 e. The fourth-order valence-corrected chi connectivity index (χ4v) is 3.00. The summed E-state index contributed by atoms with van der Waals surface area (Å²) >= 11 is 0. The Morgan fingerprint density at radius 2 is 2.15 bits per heavy atom. The Labute approximate surface area is 117 Å². The van der Waals surface area contributed by atoms with Crippen LogP contribution in [-0.2, 0) is 4.79 Å². The van der Waals surface area contributed by atoms with Crippen molar-refractivity contribution < 1.29 is 19.2 Å². The molecule has 6 heteroatoms. The molecule has 0 aliphatic heterocycles. The van der Waals surface area contributed by atoms with Crippen LogP contribution in [0.2, 0.25) is 0 Å². The number of hydrogen-bond acceptors (Lipinski definition) is 4. The van der Waals surface area contributed by atoms with E-state index in [0.717, 1.165) is 12.8 Å². The first-order valence-corrected chi connectivity index (χ1v) is 6.84. The second-order valence-electron chi connectivity index (χ2n) is 5.74. The highest BCUT2D eigenvalue weighted by atomic mass is 16.5. The molecule has 0 bridgehead atoms. The fourth-order valence-electron chi connectivity index (χ4n) is 3.00. The first kappa shape index (κ1) is 14.6. The van der Waals surface area contributed by atoms with Crippen molar-refractivity contribution in [3.8, 4) is 0 Å². The van der Waals surface area contributed by atoms with Gasteiger partial charge < -0.3 is 14.9 Å². The van der Waals surface area contributed by atoms with Crippen LogP contribution >= 0.6 is 0 Å². The van der Waals surface area contributed by atoms with Gasteiger partial charge in [-0.15, -0.1) is 0 Å². The summed E-state index contributed by atoms with van der Waals surface area (Å²) < 4.78 is 4.96. The van der Waals surface area contributed by atoms with Gasteiger partial charge in [-0.3, -0.25) is 4.79 Å². The molecular weight excluding hydrogens is 260 g/mol. The summed E-state index contributed by atoms with van der Waals surface area (Å²) in [6, 6.07) is 0. The van der Waals surface area contributed by atoms with Crippen LogP contribution in [0.1, 0.15) is 54.4 Å². The number of carbonyl (C=O) groups excluding carboxylic acids is 1. The van der Waals surface area contributed by atoms with Gasteiger partial charge in [0.05, 0.1) is 5.69 Å². The second-order valence-corrected chi connectivity index (χ2v) is 5.74. The van der Waals surface area contributed by atoms with Gasteiger partial charge in [0.15, 0.2) is 0 Å². The molecule has 1 aromatic heterocycles. The zero-order valence-electron chi connectivity index (χ0n) is 12.0. The highest BCUT2D eigenvalue weighted by Crippen LogP contribution is 2.33. The van der Waals surface area contributed by atoms with Crippen molar-refractivity contribution in [2.45, 2.75) is 52.0 Å². The smallest absolute Gasteiger partial charge is 0.329 e. The lowest BCUT2D eigenvalue weighted by Gasteiger charge is -2.37. The minimum Gasteiger partial charge on any atom is -0.480 e. The number of carboxylic acid groups (broad SMARTS) is 1. The Kier molecular flexibility index (Phi) is 3.83. The molecule has 1 fully saturated rings. The molecule has 0 spiro atoms. The molecule has 6 nitrogen and oxygen atoms in total. The van der Waals surface area contributed by atoms with Crippen molar-refractivity contribution >= 4 is 11.9 Å². The molecule has 110 valence electrons. The number of nitrogens with zero attached hydrogens (tertiary/aromatic N) is 1. The first-order chi connectivity index (χ1) is 9.35. The third kappa shape index (κ3) is 2.55. The van der Waals surface area contributed by atoms with E-state index in [0.29, 0.717) is 29.9 Å². The van der Waals surface area contributed by atoms with Gasteiger partial charge in [-0.1, -0.05) is 24.9 Å². The lowest BCUT2D eigenvalue weighted by molar-refractivity contribution is -0.146. The molecule has 1 amide bonds. The number of aromatic nitrogens is 1. The minimum absolute atomic E-state index is 0.282. The average molecular weight is 280 g/mol. The first-order valence-electron chi connectivity index (χ1n) is 6.84. The summed E-state index contributed by atoms with van der Waals surface area (Å²) in [5.74, 6) is -0.698. The van der Waals surface area contributed by atoms with Crippen LogP contribution in [0.15, 0.2) is 4.52 Å². The number of carboxylic acids is 1. The van der Waals surface area contributed by atoms with Gasteiger partial charge in [-0.25, -0.2) is 4.79 Å². The van der Waals surface area contributed by atoms with Crippen LogP contribution in [-0.4, -0.2) is 27.7 Å². The lowest BCUT2D eigenvalue weighted by atomic mass is 9.76. The maximum atomic E-state index is 12.4. The van der Waals surface area contributed by atoms with Gasteiger partial charge in [-0.2, -0.15) is 0 Å². The van der Waals surface area contributed by atoms with Gasteiger partial charge >= 0.3 is 5.97 Å². The van der Waals surface area contributed by atoms with Crippen LogP contribution in [0.5, 0.6) is 0 Å². The summed E-state index contributed by atoms with van der Waals surface area (Å²) in [4.78, 5) is 24.0. The average Bonchev–Trinajstić information content (AvgIpc) is 2.68. The summed E-state index contributed by atoms with van der Waals surface area (Å²) in [6.45, 7) is 5.33. The lowest BCUT2D eigenvalue weighted by Crippen LogP contribution is -2.56. The van der Waals surface area contributed by atoms with Crippen molar-refractivity contribution in [1.82, 2.24) is 10.5 Å². The van der Waals surface area contributed by atoms with Crippen LogP contribution < -0.4 is 5.32 Å². The third-order valence-electron chi connectivity index (χ3n) is 4.02. The minimum atomic E-state index is -1.18. The maximum absolute atomic E-state index is 12.4. The standard InChI is InChI=1S/C14H20N2O4/c1-8-5-4-6-14(7-8,13(18)19)15-12(17)11-9(2)16-20-10(11)3/h8H,4-7H2,1-3H3,(H,15,17)(H,18,19). The van der Waals surface area contributed by atoms with Crippen LogP contribution in [0.3, 0.4) is 0 Å². The molecule has 0 aromatic carbocycles. The molecule has 1 aromatic rings. The third-order valence-corrected chi connectivity index (χ3v) is 4.02. The van der Waals surface area contributed by atoms with E-state index in [1.165, 1.54) is 0 Å². The highest BCUT2D eigenvalue weighted by Gasteiger charge is 2.43. The number of carbonyl (C=O) groups is 2. The topological polar surface area (TPSA) is 92.4 Å². The van der Waals surface area contributed by atoms with Crippen LogP contribution in [0.4, 0.5) is 0 Å². The predicted molar refractivity (Wildman–Crippen MR) is 71.4 cm³/mol. The van der Waals surface area contributed by atoms with E-state index in [4.69, 9.17) is 4.52 Å². The second kappa shape index (κ2) is 5.26. The Balaban J connectivity index is 2.25.